The molecule has 0 amide bonds. The van der Waals surface area contributed by atoms with Crippen molar-refractivity contribution in [2.45, 2.75) is 28.8 Å². The van der Waals surface area contributed by atoms with Gasteiger partial charge < -0.3 is 14.9 Å². The van der Waals surface area contributed by atoms with Crippen LogP contribution in [0.2, 0.25) is 5.02 Å². The summed E-state index contributed by atoms with van der Waals surface area (Å²) in [4.78, 5) is -1.11. The van der Waals surface area contributed by atoms with E-state index in [0.29, 0.717) is 6.07 Å². The third-order valence-electron chi connectivity index (χ3n) is 4.33. The molecule has 0 saturated heterocycles. The third kappa shape index (κ3) is 3.57. The van der Waals surface area contributed by atoms with Crippen LogP contribution in [0.5, 0.6) is 11.5 Å². The molecular weight excluding hydrogens is 428 g/mol. The average Bonchev–Trinajstić information content (AvgIpc) is 2.90. The first-order valence-corrected chi connectivity index (χ1v) is 9.73. The Hall–Kier alpha value is -1.88. The van der Waals surface area contributed by atoms with Gasteiger partial charge in [-0.25, -0.2) is 12.8 Å². The minimum Gasteiger partial charge on any atom is -0.457 e. The van der Waals surface area contributed by atoms with Crippen LogP contribution in [0.1, 0.15) is 29.6 Å². The summed E-state index contributed by atoms with van der Waals surface area (Å²) in [7, 11) is -5.75. The molecule has 0 aliphatic heterocycles. The molecule has 0 heterocycles. The van der Waals surface area contributed by atoms with Crippen molar-refractivity contribution in [3.05, 3.63) is 52.3 Å². The number of rotatable bonds is 4. The molecule has 0 fully saturated rings. The average molecular weight is 441 g/mol. The van der Waals surface area contributed by atoms with E-state index in [1.54, 1.807) is 0 Å². The third-order valence-corrected chi connectivity index (χ3v) is 6.10. The summed E-state index contributed by atoms with van der Waals surface area (Å²) in [5.74, 6) is -1.80. The quantitative estimate of drug-likeness (QED) is 0.700. The number of sulfone groups is 1. The van der Waals surface area contributed by atoms with Gasteiger partial charge in [-0.1, -0.05) is 11.6 Å². The Balaban J connectivity index is 2.19. The fourth-order valence-corrected chi connectivity index (χ4v) is 4.44. The normalized spacial score (nSPS) is 19.5. The molecule has 5 nitrogen and oxygen atoms in total. The lowest BCUT2D eigenvalue weighted by Gasteiger charge is -2.18. The van der Waals surface area contributed by atoms with E-state index < -0.39 is 50.3 Å². The van der Waals surface area contributed by atoms with E-state index in [-0.39, 0.29) is 28.5 Å². The molecule has 0 bridgehead atoms. The van der Waals surface area contributed by atoms with Gasteiger partial charge in [-0.05, 0) is 30.7 Å². The van der Waals surface area contributed by atoms with Crippen molar-refractivity contribution < 1.29 is 40.9 Å². The monoisotopic (exact) mass is 440 g/mol. The molecule has 11 heteroatoms. The minimum atomic E-state index is -5.75. The lowest BCUT2D eigenvalue weighted by Crippen LogP contribution is -2.25. The molecule has 2 aromatic rings. The zero-order chi connectivity index (χ0) is 20.9. The van der Waals surface area contributed by atoms with Crippen LogP contribution in [0, 0.1) is 5.82 Å². The van der Waals surface area contributed by atoms with E-state index in [4.69, 9.17) is 16.3 Å². The van der Waals surface area contributed by atoms with Gasteiger partial charge >= 0.3 is 5.51 Å². The van der Waals surface area contributed by atoms with Crippen LogP contribution >= 0.6 is 11.6 Å². The Kier molecular flexibility index (Phi) is 5.34. The lowest BCUT2D eigenvalue weighted by atomic mass is 10.0. The van der Waals surface area contributed by atoms with E-state index in [9.17, 15) is 36.2 Å². The molecule has 0 saturated carbocycles. The van der Waals surface area contributed by atoms with Gasteiger partial charge in [0.2, 0.25) is 0 Å². The first kappa shape index (κ1) is 20.8. The summed E-state index contributed by atoms with van der Waals surface area (Å²) in [6.07, 6.45) is -1.75. The summed E-state index contributed by atoms with van der Waals surface area (Å²) in [5.41, 5.74) is -6.15. The standard InChI is InChI=1S/C17H13ClF4O5S/c18-9-4-10(19)6-11(5-9)27-13-1-2-14(28(25,26)17(20,21)22)16-12(24)3-8(7-23)15(13)16/h1-2,4-6,8,12,23-24H,3,7H2. The number of alkyl halides is 3. The molecule has 2 atom stereocenters. The molecule has 1 aliphatic carbocycles. The SMILES string of the molecule is O=S(=O)(c1ccc(Oc2cc(F)cc(Cl)c2)c2c1C(O)CC2CO)C(F)(F)F. The van der Waals surface area contributed by atoms with Crippen molar-refractivity contribution in [2.24, 2.45) is 0 Å². The van der Waals surface area contributed by atoms with Gasteiger partial charge in [-0.2, -0.15) is 13.2 Å². The molecule has 28 heavy (non-hydrogen) atoms. The van der Waals surface area contributed by atoms with Gasteiger partial charge in [0.15, 0.2) is 0 Å². The second-order valence-electron chi connectivity index (χ2n) is 6.18. The topological polar surface area (TPSA) is 83.8 Å². The number of ether oxygens (including phenoxy) is 1. The minimum absolute atomic E-state index is 0.00153. The summed E-state index contributed by atoms with van der Waals surface area (Å²) in [5, 5.41) is 19.7. The number of benzene rings is 2. The Bertz CT molecular complexity index is 1000. The Morgan fingerprint density at radius 2 is 1.86 bits per heavy atom. The van der Waals surface area contributed by atoms with Crippen molar-refractivity contribution in [1.82, 2.24) is 0 Å². The van der Waals surface area contributed by atoms with Gasteiger partial charge in [0.1, 0.15) is 17.3 Å². The van der Waals surface area contributed by atoms with E-state index in [2.05, 4.69) is 0 Å². The number of hydrogen-bond acceptors (Lipinski definition) is 5. The van der Waals surface area contributed by atoms with E-state index in [1.807, 2.05) is 0 Å². The van der Waals surface area contributed by atoms with Crippen molar-refractivity contribution >= 4 is 21.4 Å². The molecule has 2 unspecified atom stereocenters. The van der Waals surface area contributed by atoms with Crippen LogP contribution in [0.25, 0.3) is 0 Å². The van der Waals surface area contributed by atoms with E-state index in [0.717, 1.165) is 18.2 Å². The first-order chi connectivity index (χ1) is 13.0. The maximum Gasteiger partial charge on any atom is 0.501 e. The maximum atomic E-state index is 13.5. The summed E-state index contributed by atoms with van der Waals surface area (Å²) < 4.78 is 81.9. The predicted octanol–water partition coefficient (Wildman–Crippen LogP) is 4.08. The van der Waals surface area contributed by atoms with Gasteiger partial charge in [-0.3, -0.25) is 0 Å². The van der Waals surface area contributed by atoms with Crippen LogP contribution in [-0.4, -0.2) is 30.7 Å². The number of fused-ring (bicyclic) bond motifs is 1. The molecule has 2 N–H and O–H groups in total. The molecule has 1 aliphatic rings. The molecule has 2 aromatic carbocycles. The van der Waals surface area contributed by atoms with Gasteiger partial charge in [0.25, 0.3) is 9.84 Å². The zero-order valence-electron chi connectivity index (χ0n) is 13.9. The maximum absolute atomic E-state index is 13.5. The molecule has 3 rings (SSSR count). The highest BCUT2D eigenvalue weighted by atomic mass is 35.5. The van der Waals surface area contributed by atoms with Crippen LogP contribution in [0.3, 0.4) is 0 Å². The highest BCUT2D eigenvalue weighted by molar-refractivity contribution is 7.92. The summed E-state index contributed by atoms with van der Waals surface area (Å²) in [6, 6.07) is 4.87. The van der Waals surface area contributed by atoms with Crippen molar-refractivity contribution in [2.75, 3.05) is 6.61 Å². The summed E-state index contributed by atoms with van der Waals surface area (Å²) in [6.45, 7) is -0.570. The van der Waals surface area contributed by atoms with Crippen molar-refractivity contribution in [3.63, 3.8) is 0 Å². The highest BCUT2D eigenvalue weighted by Crippen LogP contribution is 2.50. The summed E-state index contributed by atoms with van der Waals surface area (Å²) >= 11 is 5.74. The Labute approximate surface area is 162 Å². The first-order valence-electron chi connectivity index (χ1n) is 7.86. The fraction of sp³-hybridized carbons (Fsp3) is 0.294. The smallest absolute Gasteiger partial charge is 0.457 e. The number of aliphatic hydroxyl groups is 2. The van der Waals surface area contributed by atoms with Gasteiger partial charge in [-0.15, -0.1) is 0 Å². The number of halogens is 5. The van der Waals surface area contributed by atoms with Crippen LogP contribution < -0.4 is 4.74 Å². The van der Waals surface area contributed by atoms with Crippen molar-refractivity contribution in [3.8, 4) is 11.5 Å². The fourth-order valence-electron chi connectivity index (χ4n) is 3.19. The molecule has 0 spiro atoms. The van der Waals surface area contributed by atoms with Crippen LogP contribution in [-0.2, 0) is 9.84 Å². The molecule has 152 valence electrons. The van der Waals surface area contributed by atoms with Crippen molar-refractivity contribution in [1.29, 1.82) is 0 Å². The Morgan fingerprint density at radius 1 is 1.18 bits per heavy atom. The van der Waals surface area contributed by atoms with E-state index in [1.165, 1.54) is 6.07 Å². The molecular formula is C17H13ClF4O5S. The van der Waals surface area contributed by atoms with Gasteiger partial charge in [0, 0.05) is 28.1 Å². The number of aliphatic hydroxyl groups excluding tert-OH is 2. The lowest BCUT2D eigenvalue weighted by molar-refractivity contribution is -0.0437. The largest absolute Gasteiger partial charge is 0.501 e. The Morgan fingerprint density at radius 3 is 2.43 bits per heavy atom. The van der Waals surface area contributed by atoms with Gasteiger partial charge in [0.05, 0.1) is 17.6 Å². The zero-order valence-corrected chi connectivity index (χ0v) is 15.4. The van der Waals surface area contributed by atoms with Crippen LogP contribution in [0.15, 0.2) is 35.2 Å². The number of hydrogen-bond donors (Lipinski definition) is 2. The second-order valence-corrected chi connectivity index (χ2v) is 8.52. The molecule has 0 aromatic heterocycles. The predicted molar refractivity (Wildman–Crippen MR) is 90.6 cm³/mol. The highest BCUT2D eigenvalue weighted by Gasteiger charge is 2.50. The van der Waals surface area contributed by atoms with Crippen LogP contribution in [0.4, 0.5) is 17.6 Å². The molecule has 0 radical (unpaired) electrons. The second kappa shape index (κ2) is 7.18. The van der Waals surface area contributed by atoms with E-state index >= 15 is 0 Å².